The molecule has 1 aliphatic heterocycles. The lowest BCUT2D eigenvalue weighted by molar-refractivity contribution is -0.142. The van der Waals surface area contributed by atoms with Crippen LogP contribution in [0.4, 0.5) is 24.8 Å². The lowest BCUT2D eigenvalue weighted by Crippen LogP contribution is -2.47. The Bertz CT molecular complexity index is 1180. The molecule has 0 saturated carbocycles. The normalized spacial score (nSPS) is 14.3. The van der Waals surface area contributed by atoms with Gasteiger partial charge in [-0.2, -0.15) is 13.2 Å². The van der Waals surface area contributed by atoms with Gasteiger partial charge in [-0.25, -0.2) is 15.0 Å². The fraction of sp³-hybridized carbons (Fsp3) is 0.304. The molecule has 11 heteroatoms. The number of ether oxygens (including phenoxy) is 1. The van der Waals surface area contributed by atoms with Gasteiger partial charge in [0.1, 0.15) is 11.6 Å². The first-order valence-electron chi connectivity index (χ1n) is 10.5. The number of aromatic nitrogens is 3. The molecule has 0 atom stereocenters. The van der Waals surface area contributed by atoms with Crippen LogP contribution in [-0.2, 0) is 22.3 Å². The van der Waals surface area contributed by atoms with Crippen LogP contribution >= 0.6 is 11.6 Å². The number of benzene rings is 1. The first-order chi connectivity index (χ1) is 16.2. The van der Waals surface area contributed by atoms with Crippen molar-refractivity contribution in [2.24, 2.45) is 0 Å². The Labute approximate surface area is 199 Å². The van der Waals surface area contributed by atoms with E-state index < -0.39 is 17.7 Å². The third-order valence-corrected chi connectivity index (χ3v) is 5.51. The molecular formula is C23H21ClF3N5O2. The Morgan fingerprint density at radius 3 is 2.47 bits per heavy atom. The number of hydrogen-bond donors (Lipinski definition) is 0. The Balaban J connectivity index is 1.58. The summed E-state index contributed by atoms with van der Waals surface area (Å²) < 4.78 is 45.3. The molecule has 178 valence electrons. The van der Waals surface area contributed by atoms with Gasteiger partial charge in [0.05, 0.1) is 11.3 Å². The number of esters is 1. The summed E-state index contributed by atoms with van der Waals surface area (Å²) in [6.45, 7) is 2.71. The number of pyridine rings is 1. The number of nitrogens with zero attached hydrogens (tertiary/aromatic N) is 5. The second-order valence-electron chi connectivity index (χ2n) is 7.66. The Kier molecular flexibility index (Phi) is 6.87. The third kappa shape index (κ3) is 5.56. The van der Waals surface area contributed by atoms with E-state index in [1.165, 1.54) is 19.2 Å². The maximum Gasteiger partial charge on any atom is 0.419 e. The van der Waals surface area contributed by atoms with E-state index in [2.05, 4.69) is 15.0 Å². The molecule has 3 aromatic rings. The summed E-state index contributed by atoms with van der Waals surface area (Å²) in [6.07, 6.45) is -3.12. The number of alkyl halides is 3. The van der Waals surface area contributed by atoms with E-state index in [0.717, 1.165) is 11.6 Å². The molecule has 0 aliphatic carbocycles. The zero-order chi connectivity index (χ0) is 24.3. The molecule has 3 heterocycles. The predicted octanol–water partition coefficient (Wildman–Crippen LogP) is 4.60. The standard InChI is InChI=1S/C23H21ClF3N5O2/c1-15(33)34-14-20-29-19(16-4-2-5-17(24)12-16)13-21(30-20)31-8-10-32(11-9-31)22-18(23(25,26)27)6-3-7-28-22/h2-7,12-13H,8-11,14H2,1H3. The molecule has 1 aromatic carbocycles. The highest BCUT2D eigenvalue weighted by Crippen LogP contribution is 2.35. The van der Waals surface area contributed by atoms with E-state index in [9.17, 15) is 18.0 Å². The molecule has 0 radical (unpaired) electrons. The van der Waals surface area contributed by atoms with Crippen LogP contribution < -0.4 is 9.80 Å². The molecule has 1 fully saturated rings. The van der Waals surface area contributed by atoms with Crippen LogP contribution in [-0.4, -0.2) is 47.1 Å². The Morgan fingerprint density at radius 1 is 1.06 bits per heavy atom. The smallest absolute Gasteiger partial charge is 0.419 e. The van der Waals surface area contributed by atoms with Crippen LogP contribution in [0.15, 0.2) is 48.7 Å². The molecule has 0 unspecified atom stereocenters. The van der Waals surface area contributed by atoms with Crippen LogP contribution in [0.1, 0.15) is 18.3 Å². The highest BCUT2D eigenvalue weighted by Gasteiger charge is 2.36. The Morgan fingerprint density at radius 2 is 1.79 bits per heavy atom. The van der Waals surface area contributed by atoms with Gasteiger partial charge >= 0.3 is 12.1 Å². The van der Waals surface area contributed by atoms with Crippen LogP contribution in [0.3, 0.4) is 0 Å². The zero-order valence-corrected chi connectivity index (χ0v) is 19.0. The first kappa shape index (κ1) is 23.7. The summed E-state index contributed by atoms with van der Waals surface area (Å²) in [7, 11) is 0. The lowest BCUT2D eigenvalue weighted by Gasteiger charge is -2.37. The molecular weight excluding hydrogens is 471 g/mol. The molecule has 0 N–H and O–H groups in total. The van der Waals surface area contributed by atoms with Gasteiger partial charge in [-0.1, -0.05) is 23.7 Å². The van der Waals surface area contributed by atoms with Gasteiger partial charge in [-0.15, -0.1) is 0 Å². The van der Waals surface area contributed by atoms with Crippen molar-refractivity contribution in [3.8, 4) is 11.3 Å². The van der Waals surface area contributed by atoms with Crippen LogP contribution in [0.25, 0.3) is 11.3 Å². The van der Waals surface area contributed by atoms with E-state index in [1.807, 2.05) is 11.0 Å². The van der Waals surface area contributed by atoms with Crippen molar-refractivity contribution in [3.63, 3.8) is 0 Å². The topological polar surface area (TPSA) is 71.5 Å². The van der Waals surface area contributed by atoms with Gasteiger partial charge in [0, 0.05) is 56.0 Å². The predicted molar refractivity (Wildman–Crippen MR) is 122 cm³/mol. The van der Waals surface area contributed by atoms with Crippen molar-refractivity contribution in [1.82, 2.24) is 15.0 Å². The molecule has 7 nitrogen and oxygen atoms in total. The number of anilines is 2. The third-order valence-electron chi connectivity index (χ3n) is 5.28. The van der Waals surface area contributed by atoms with Gasteiger partial charge < -0.3 is 14.5 Å². The van der Waals surface area contributed by atoms with Crippen molar-refractivity contribution >= 4 is 29.2 Å². The molecule has 2 aromatic heterocycles. The maximum atomic E-state index is 13.4. The second kappa shape index (κ2) is 9.84. The van der Waals surface area contributed by atoms with E-state index >= 15 is 0 Å². The van der Waals surface area contributed by atoms with E-state index in [-0.39, 0.29) is 12.4 Å². The fourth-order valence-corrected chi connectivity index (χ4v) is 3.88. The van der Waals surface area contributed by atoms with Gasteiger partial charge in [0.2, 0.25) is 0 Å². The zero-order valence-electron chi connectivity index (χ0n) is 18.2. The molecule has 4 rings (SSSR count). The van der Waals surface area contributed by atoms with E-state index in [1.54, 1.807) is 29.2 Å². The van der Waals surface area contributed by atoms with Crippen molar-refractivity contribution < 1.29 is 22.7 Å². The summed E-state index contributed by atoms with van der Waals surface area (Å²) in [5, 5.41) is 0.545. The summed E-state index contributed by atoms with van der Waals surface area (Å²) in [5.41, 5.74) is 0.612. The first-order valence-corrected chi connectivity index (χ1v) is 10.9. The number of hydrogen-bond acceptors (Lipinski definition) is 7. The van der Waals surface area contributed by atoms with Crippen LogP contribution in [0.5, 0.6) is 0 Å². The van der Waals surface area contributed by atoms with Gasteiger partial charge in [-0.3, -0.25) is 4.79 Å². The molecule has 0 spiro atoms. The number of carbonyl (C=O) groups is 1. The summed E-state index contributed by atoms with van der Waals surface area (Å²) in [5.74, 6) is 0.369. The summed E-state index contributed by atoms with van der Waals surface area (Å²) in [4.78, 5) is 27.9. The fourth-order valence-electron chi connectivity index (χ4n) is 3.69. The lowest BCUT2D eigenvalue weighted by atomic mass is 10.1. The van der Waals surface area contributed by atoms with Crippen molar-refractivity contribution in [2.45, 2.75) is 19.7 Å². The maximum absolute atomic E-state index is 13.4. The molecule has 0 bridgehead atoms. The average Bonchev–Trinajstić information content (AvgIpc) is 2.82. The highest BCUT2D eigenvalue weighted by molar-refractivity contribution is 6.30. The SMILES string of the molecule is CC(=O)OCc1nc(-c2cccc(Cl)c2)cc(N2CCN(c3ncccc3C(F)(F)F)CC2)n1. The Hall–Kier alpha value is -3.40. The summed E-state index contributed by atoms with van der Waals surface area (Å²) >= 11 is 6.13. The van der Waals surface area contributed by atoms with Crippen LogP contribution in [0.2, 0.25) is 5.02 Å². The van der Waals surface area contributed by atoms with E-state index in [4.69, 9.17) is 16.3 Å². The minimum atomic E-state index is -4.48. The quantitative estimate of drug-likeness (QED) is 0.483. The minimum Gasteiger partial charge on any atom is -0.458 e. The van der Waals surface area contributed by atoms with E-state index in [0.29, 0.717) is 48.5 Å². The summed E-state index contributed by atoms with van der Waals surface area (Å²) in [6, 6.07) is 11.3. The van der Waals surface area contributed by atoms with Crippen molar-refractivity contribution in [1.29, 1.82) is 0 Å². The molecule has 34 heavy (non-hydrogen) atoms. The number of piperazine rings is 1. The molecule has 0 amide bonds. The highest BCUT2D eigenvalue weighted by atomic mass is 35.5. The number of rotatable bonds is 5. The number of halogens is 4. The van der Waals surface area contributed by atoms with Crippen LogP contribution in [0, 0.1) is 0 Å². The average molecular weight is 492 g/mol. The molecule has 1 saturated heterocycles. The van der Waals surface area contributed by atoms with Gasteiger partial charge in [0.25, 0.3) is 0 Å². The minimum absolute atomic E-state index is 0.0764. The monoisotopic (exact) mass is 491 g/mol. The molecule has 1 aliphatic rings. The van der Waals surface area contributed by atoms with Gasteiger partial charge in [0.15, 0.2) is 12.4 Å². The largest absolute Gasteiger partial charge is 0.458 e. The number of carbonyl (C=O) groups excluding carboxylic acids is 1. The van der Waals surface area contributed by atoms with Crippen molar-refractivity contribution in [3.05, 3.63) is 65.1 Å². The van der Waals surface area contributed by atoms with Crippen molar-refractivity contribution in [2.75, 3.05) is 36.0 Å². The second-order valence-corrected chi connectivity index (χ2v) is 8.10. The van der Waals surface area contributed by atoms with Gasteiger partial charge in [-0.05, 0) is 24.3 Å².